The summed E-state index contributed by atoms with van der Waals surface area (Å²) in [6.07, 6.45) is 3.74. The highest BCUT2D eigenvalue weighted by Crippen LogP contribution is 2.39. The monoisotopic (exact) mass is 582 g/mol. The van der Waals surface area contributed by atoms with Gasteiger partial charge in [-0.2, -0.15) is 0 Å². The Labute approximate surface area is 241 Å². The van der Waals surface area contributed by atoms with Crippen LogP contribution >= 0.6 is 0 Å². The number of nitrogens with one attached hydrogen (secondary N) is 3. The van der Waals surface area contributed by atoms with Crippen molar-refractivity contribution in [3.8, 4) is 17.2 Å². The van der Waals surface area contributed by atoms with E-state index in [0.717, 1.165) is 36.1 Å². The van der Waals surface area contributed by atoms with E-state index in [4.69, 9.17) is 14.2 Å². The summed E-state index contributed by atoms with van der Waals surface area (Å²) in [7, 11) is -2.17. The summed E-state index contributed by atoms with van der Waals surface area (Å²) in [4.78, 5) is 17.9. The molecule has 3 aromatic rings. The van der Waals surface area contributed by atoms with E-state index >= 15 is 0 Å². The third kappa shape index (κ3) is 8.18. The van der Waals surface area contributed by atoms with Crippen LogP contribution in [-0.2, 0) is 26.7 Å². The number of aromatic nitrogens is 1. The number of pyridine rings is 1. The van der Waals surface area contributed by atoms with Gasteiger partial charge in [0.25, 0.3) is 5.91 Å². The predicted octanol–water partition coefficient (Wildman–Crippen LogP) is 4.99. The van der Waals surface area contributed by atoms with Crippen LogP contribution in [0.1, 0.15) is 54.4 Å². The lowest BCUT2D eigenvalue weighted by Gasteiger charge is -2.24. The van der Waals surface area contributed by atoms with Crippen molar-refractivity contribution >= 4 is 27.3 Å². The molecule has 1 amide bonds. The van der Waals surface area contributed by atoms with Gasteiger partial charge in [0.15, 0.2) is 5.75 Å². The summed E-state index contributed by atoms with van der Waals surface area (Å²) in [6, 6.07) is 12.7. The van der Waals surface area contributed by atoms with Crippen LogP contribution < -0.4 is 24.8 Å². The number of carbonyl (C=O) groups excluding carboxylic acids is 1. The molecule has 0 saturated carbocycles. The Balaban J connectivity index is 1.57. The fourth-order valence-electron chi connectivity index (χ4n) is 4.38. The fourth-order valence-corrected chi connectivity index (χ4v) is 4.93. The molecular weight excluding hydrogens is 544 g/mol. The highest BCUT2D eigenvalue weighted by Gasteiger charge is 2.23. The number of nitrogens with zero attached hydrogens (tertiary/aromatic N) is 1. The van der Waals surface area contributed by atoms with Crippen molar-refractivity contribution in [1.82, 2.24) is 10.3 Å². The molecule has 41 heavy (non-hydrogen) atoms. The number of benzene rings is 2. The quantitative estimate of drug-likeness (QED) is 0.305. The molecule has 1 saturated heterocycles. The van der Waals surface area contributed by atoms with Crippen molar-refractivity contribution in [2.45, 2.75) is 52.1 Å². The molecule has 1 aliphatic rings. The smallest absolute Gasteiger partial charge is 0.255 e. The summed E-state index contributed by atoms with van der Waals surface area (Å²) >= 11 is 0. The number of hydrogen-bond donors (Lipinski definition) is 3. The van der Waals surface area contributed by atoms with Crippen LogP contribution in [0.3, 0.4) is 0 Å². The first-order chi connectivity index (χ1) is 19.3. The number of ether oxygens (including phenoxy) is 3. The maximum atomic E-state index is 13.4. The van der Waals surface area contributed by atoms with Gasteiger partial charge >= 0.3 is 0 Å². The Bertz CT molecular complexity index is 1510. The maximum Gasteiger partial charge on any atom is 0.255 e. The SMILES string of the molecule is COc1c(NC(=O)c2ccc(C)c(Oc3ccnc(CN[C@@H]4CCOC4)c3)c2)cc(C(C)(C)C)cc1NS(C)(=O)=O. The fraction of sp³-hybridized carbons (Fsp3) is 0.400. The van der Waals surface area contributed by atoms with Crippen LogP contribution in [-0.4, -0.2) is 51.9 Å². The molecule has 2 aromatic carbocycles. The van der Waals surface area contributed by atoms with Gasteiger partial charge in [-0.25, -0.2) is 8.42 Å². The van der Waals surface area contributed by atoms with Crippen LogP contribution in [0.2, 0.25) is 0 Å². The van der Waals surface area contributed by atoms with Crippen LogP contribution in [0.15, 0.2) is 48.7 Å². The zero-order valence-corrected chi connectivity index (χ0v) is 25.1. The second-order valence-electron chi connectivity index (χ2n) is 11.2. The Kier molecular flexibility index (Phi) is 9.21. The van der Waals surface area contributed by atoms with Gasteiger partial charge in [0, 0.05) is 37.0 Å². The lowest BCUT2D eigenvalue weighted by Crippen LogP contribution is -2.28. The van der Waals surface area contributed by atoms with Crippen molar-refractivity contribution in [3.63, 3.8) is 0 Å². The van der Waals surface area contributed by atoms with Gasteiger partial charge < -0.3 is 24.8 Å². The van der Waals surface area contributed by atoms with Gasteiger partial charge in [0.2, 0.25) is 10.0 Å². The number of methoxy groups -OCH3 is 1. The predicted molar refractivity (Wildman–Crippen MR) is 160 cm³/mol. The largest absolute Gasteiger partial charge is 0.492 e. The Morgan fingerprint density at radius 1 is 1.12 bits per heavy atom. The van der Waals surface area contributed by atoms with E-state index in [2.05, 4.69) is 20.3 Å². The van der Waals surface area contributed by atoms with Crippen LogP contribution in [0, 0.1) is 6.92 Å². The molecule has 4 rings (SSSR count). The minimum absolute atomic E-state index is 0.211. The second kappa shape index (κ2) is 12.5. The molecule has 11 heteroatoms. The normalized spacial score (nSPS) is 15.4. The summed E-state index contributed by atoms with van der Waals surface area (Å²) < 4.78 is 43.7. The molecule has 1 aliphatic heterocycles. The number of carbonyl (C=O) groups is 1. The molecule has 10 nitrogen and oxygen atoms in total. The Morgan fingerprint density at radius 2 is 1.88 bits per heavy atom. The summed E-state index contributed by atoms with van der Waals surface area (Å²) in [5.74, 6) is 0.948. The van der Waals surface area contributed by atoms with E-state index in [1.165, 1.54) is 7.11 Å². The molecule has 1 fully saturated rings. The molecule has 3 N–H and O–H groups in total. The summed E-state index contributed by atoms with van der Waals surface area (Å²) in [5.41, 5.74) is 3.14. The van der Waals surface area contributed by atoms with Crippen molar-refractivity contribution in [3.05, 3.63) is 71.0 Å². The Morgan fingerprint density at radius 3 is 2.54 bits per heavy atom. The minimum atomic E-state index is -3.59. The van der Waals surface area contributed by atoms with E-state index in [-0.39, 0.29) is 16.9 Å². The van der Waals surface area contributed by atoms with Crippen molar-refractivity contribution in [2.75, 3.05) is 36.6 Å². The average Bonchev–Trinajstić information content (AvgIpc) is 3.41. The minimum Gasteiger partial charge on any atom is -0.492 e. The lowest BCUT2D eigenvalue weighted by atomic mass is 9.86. The third-order valence-corrected chi connectivity index (χ3v) is 7.26. The molecule has 0 aliphatic carbocycles. The second-order valence-corrected chi connectivity index (χ2v) is 12.9. The number of anilines is 2. The highest BCUT2D eigenvalue weighted by atomic mass is 32.2. The van der Waals surface area contributed by atoms with E-state index < -0.39 is 15.9 Å². The number of hydrogen-bond acceptors (Lipinski definition) is 8. The first-order valence-electron chi connectivity index (χ1n) is 13.4. The van der Waals surface area contributed by atoms with Crippen LogP contribution in [0.4, 0.5) is 11.4 Å². The van der Waals surface area contributed by atoms with Crippen LogP contribution in [0.5, 0.6) is 17.2 Å². The third-order valence-electron chi connectivity index (χ3n) is 6.67. The molecule has 1 atom stereocenters. The molecule has 1 aromatic heterocycles. The van der Waals surface area contributed by atoms with Gasteiger partial charge in [-0.15, -0.1) is 0 Å². The van der Waals surface area contributed by atoms with Gasteiger partial charge in [-0.3, -0.25) is 14.5 Å². The molecule has 220 valence electrons. The summed E-state index contributed by atoms with van der Waals surface area (Å²) in [6.45, 7) is 9.96. The first-order valence-corrected chi connectivity index (χ1v) is 15.3. The van der Waals surface area contributed by atoms with Crippen molar-refractivity contribution in [1.29, 1.82) is 0 Å². The molecule has 0 unspecified atom stereocenters. The van der Waals surface area contributed by atoms with E-state index in [1.807, 2.05) is 39.8 Å². The van der Waals surface area contributed by atoms with E-state index in [1.54, 1.807) is 36.5 Å². The van der Waals surface area contributed by atoms with Crippen LogP contribution in [0.25, 0.3) is 0 Å². The number of aryl methyl sites for hydroxylation is 1. The Hall–Kier alpha value is -3.67. The van der Waals surface area contributed by atoms with E-state index in [0.29, 0.717) is 41.9 Å². The average molecular weight is 583 g/mol. The lowest BCUT2D eigenvalue weighted by molar-refractivity contribution is 0.102. The van der Waals surface area contributed by atoms with Crippen molar-refractivity contribution < 1.29 is 27.4 Å². The molecule has 0 bridgehead atoms. The topological polar surface area (TPSA) is 128 Å². The molecule has 2 heterocycles. The van der Waals surface area contributed by atoms with E-state index in [9.17, 15) is 13.2 Å². The molecule has 0 spiro atoms. The van der Waals surface area contributed by atoms with Gasteiger partial charge in [0.1, 0.15) is 11.5 Å². The maximum absolute atomic E-state index is 13.4. The molecular formula is C30H38N4O6S. The zero-order chi connectivity index (χ0) is 29.8. The zero-order valence-electron chi connectivity index (χ0n) is 24.3. The van der Waals surface area contributed by atoms with Gasteiger partial charge in [0.05, 0.1) is 37.0 Å². The van der Waals surface area contributed by atoms with Gasteiger partial charge in [-0.1, -0.05) is 26.8 Å². The molecule has 0 radical (unpaired) electrons. The van der Waals surface area contributed by atoms with Crippen molar-refractivity contribution in [2.24, 2.45) is 0 Å². The summed E-state index contributed by atoms with van der Waals surface area (Å²) in [5, 5.41) is 6.34. The highest BCUT2D eigenvalue weighted by molar-refractivity contribution is 7.92. The number of rotatable bonds is 10. The van der Waals surface area contributed by atoms with Gasteiger partial charge in [-0.05, 0) is 60.2 Å². The standard InChI is InChI=1S/C30H38N4O6S/c1-19-7-8-20(13-27(19)40-24-9-11-31-23(16-24)17-32-22-10-12-39-18-22)29(35)33-25-14-21(30(2,3)4)15-26(28(25)38-5)34-41(6,36)37/h7-9,11,13-16,22,32,34H,10,12,17-18H2,1-6H3,(H,33,35)/t22-/m1/s1. The number of amides is 1. The first kappa shape index (κ1) is 30.3. The number of sulfonamides is 1.